The van der Waals surface area contributed by atoms with Crippen molar-refractivity contribution in [3.05, 3.63) is 58.1 Å². The van der Waals surface area contributed by atoms with Crippen molar-refractivity contribution in [1.29, 1.82) is 0 Å². The van der Waals surface area contributed by atoms with Crippen molar-refractivity contribution in [2.75, 3.05) is 17.4 Å². The number of amides is 1. The van der Waals surface area contributed by atoms with Crippen LogP contribution in [-0.2, 0) is 21.4 Å². The Labute approximate surface area is 173 Å². The molecule has 2 aromatic rings. The van der Waals surface area contributed by atoms with E-state index in [0.717, 1.165) is 22.2 Å². The van der Waals surface area contributed by atoms with Crippen LogP contribution in [0.1, 0.15) is 18.9 Å². The molecule has 10 nitrogen and oxygen atoms in total. The van der Waals surface area contributed by atoms with E-state index in [1.54, 1.807) is 25.1 Å². The molecule has 2 aromatic carbocycles. The number of carbonyl (C=O) groups excluding carboxylic acids is 1. The number of ether oxygens (including phenoxy) is 2. The third kappa shape index (κ3) is 4.62. The molecule has 1 heterocycles. The minimum absolute atomic E-state index is 0.0526. The molecule has 0 saturated heterocycles. The number of nitrogens with one attached hydrogen (secondary N) is 1. The van der Waals surface area contributed by atoms with Crippen LogP contribution in [0.15, 0.2) is 42.5 Å². The fraction of sp³-hybridized carbons (Fsp3) is 0.316. The van der Waals surface area contributed by atoms with Crippen LogP contribution < -0.4 is 19.1 Å². The molecule has 1 N–H and O–H groups in total. The summed E-state index contributed by atoms with van der Waals surface area (Å²) in [5.74, 6) is 0.667. The molecule has 160 valence electrons. The second-order valence-electron chi connectivity index (χ2n) is 6.67. The quantitative estimate of drug-likeness (QED) is 0.497. The van der Waals surface area contributed by atoms with Crippen LogP contribution in [0.2, 0.25) is 0 Å². The monoisotopic (exact) mass is 435 g/mol. The number of hydrogen-bond donors (Lipinski definition) is 1. The number of fused-ring (bicyclic) bond motifs is 1. The highest BCUT2D eigenvalue weighted by molar-refractivity contribution is 7.92. The van der Waals surface area contributed by atoms with Crippen molar-refractivity contribution >= 4 is 27.3 Å². The number of nitro groups is 1. The molecule has 1 atom stereocenters. The maximum Gasteiger partial charge on any atom is 0.271 e. The Kier molecular flexibility index (Phi) is 6.11. The Morgan fingerprint density at radius 1 is 1.23 bits per heavy atom. The first kappa shape index (κ1) is 21.4. The van der Waals surface area contributed by atoms with Crippen molar-refractivity contribution in [2.24, 2.45) is 0 Å². The minimum Gasteiger partial charge on any atom is -0.454 e. The summed E-state index contributed by atoms with van der Waals surface area (Å²) in [5.41, 5.74) is 0.539. The summed E-state index contributed by atoms with van der Waals surface area (Å²) in [7, 11) is -3.89. The summed E-state index contributed by atoms with van der Waals surface area (Å²) in [5, 5.41) is 13.8. The van der Waals surface area contributed by atoms with Gasteiger partial charge in [0.25, 0.3) is 5.69 Å². The fourth-order valence-corrected chi connectivity index (χ4v) is 4.37. The standard InChI is InChI=1S/C19H21N3O7S/c1-3-16(19(23)20-11-13-7-8-17-18(9-13)29-12-28-17)21(30(2,26)27)14-5-4-6-15(10-14)22(24)25/h4-10,16H,3,11-12H2,1-2H3,(H,20,23)/t16-/m1/s1. The molecule has 0 aromatic heterocycles. The molecule has 0 saturated carbocycles. The van der Waals surface area contributed by atoms with Crippen molar-refractivity contribution in [2.45, 2.75) is 25.9 Å². The van der Waals surface area contributed by atoms with Gasteiger partial charge in [-0.15, -0.1) is 0 Å². The average Bonchev–Trinajstić information content (AvgIpc) is 3.17. The molecule has 0 bridgehead atoms. The molecule has 30 heavy (non-hydrogen) atoms. The van der Waals surface area contributed by atoms with E-state index >= 15 is 0 Å². The van der Waals surface area contributed by atoms with Gasteiger partial charge in [0.05, 0.1) is 16.9 Å². The van der Waals surface area contributed by atoms with Gasteiger partial charge in [-0.1, -0.05) is 19.1 Å². The number of carbonyl (C=O) groups is 1. The van der Waals surface area contributed by atoms with Gasteiger partial charge >= 0.3 is 0 Å². The molecule has 0 fully saturated rings. The van der Waals surface area contributed by atoms with Gasteiger partial charge in [-0.25, -0.2) is 8.42 Å². The second kappa shape index (κ2) is 8.57. The van der Waals surface area contributed by atoms with E-state index in [4.69, 9.17) is 9.47 Å². The van der Waals surface area contributed by atoms with Gasteiger partial charge in [-0.2, -0.15) is 0 Å². The van der Waals surface area contributed by atoms with Gasteiger partial charge in [0.15, 0.2) is 11.5 Å². The minimum atomic E-state index is -3.89. The molecule has 1 aliphatic heterocycles. The lowest BCUT2D eigenvalue weighted by molar-refractivity contribution is -0.384. The molecule has 1 aliphatic rings. The maximum absolute atomic E-state index is 12.9. The third-order valence-electron chi connectivity index (χ3n) is 4.53. The van der Waals surface area contributed by atoms with E-state index < -0.39 is 26.9 Å². The average molecular weight is 435 g/mol. The zero-order valence-electron chi connectivity index (χ0n) is 16.4. The summed E-state index contributed by atoms with van der Waals surface area (Å²) in [6.07, 6.45) is 1.13. The highest BCUT2D eigenvalue weighted by atomic mass is 32.2. The van der Waals surface area contributed by atoms with Gasteiger partial charge in [0.1, 0.15) is 6.04 Å². The number of nitro benzene ring substituents is 1. The van der Waals surface area contributed by atoms with Crippen LogP contribution in [0, 0.1) is 10.1 Å². The maximum atomic E-state index is 12.9. The number of hydrogen-bond acceptors (Lipinski definition) is 7. The topological polar surface area (TPSA) is 128 Å². The molecule has 3 rings (SSSR count). The summed E-state index contributed by atoms with van der Waals surface area (Å²) < 4.78 is 36.4. The van der Waals surface area contributed by atoms with Crippen LogP contribution in [0.4, 0.5) is 11.4 Å². The predicted molar refractivity (Wildman–Crippen MR) is 109 cm³/mol. The Morgan fingerprint density at radius 3 is 2.63 bits per heavy atom. The van der Waals surface area contributed by atoms with E-state index in [2.05, 4.69) is 5.32 Å². The second-order valence-corrected chi connectivity index (χ2v) is 8.52. The van der Waals surface area contributed by atoms with Gasteiger partial charge in [0, 0.05) is 18.7 Å². The van der Waals surface area contributed by atoms with Gasteiger partial charge in [-0.05, 0) is 30.2 Å². The van der Waals surface area contributed by atoms with E-state index in [-0.39, 0.29) is 31.1 Å². The zero-order chi connectivity index (χ0) is 21.9. The van der Waals surface area contributed by atoms with E-state index in [1.807, 2.05) is 0 Å². The van der Waals surface area contributed by atoms with Crippen molar-refractivity contribution < 1.29 is 27.6 Å². The lowest BCUT2D eigenvalue weighted by Gasteiger charge is -2.30. The molecule has 0 radical (unpaired) electrons. The zero-order valence-corrected chi connectivity index (χ0v) is 17.2. The first-order valence-corrected chi connectivity index (χ1v) is 11.0. The highest BCUT2D eigenvalue weighted by Crippen LogP contribution is 2.32. The molecular formula is C19H21N3O7S. The lowest BCUT2D eigenvalue weighted by atomic mass is 10.1. The number of non-ortho nitro benzene ring substituents is 1. The molecule has 0 spiro atoms. The van der Waals surface area contributed by atoms with Crippen molar-refractivity contribution in [3.8, 4) is 11.5 Å². The lowest BCUT2D eigenvalue weighted by Crippen LogP contribution is -2.49. The normalized spacial score (nSPS) is 13.5. The van der Waals surface area contributed by atoms with Gasteiger partial charge in [0.2, 0.25) is 22.7 Å². The number of anilines is 1. The Morgan fingerprint density at radius 2 is 1.97 bits per heavy atom. The Hall–Kier alpha value is -3.34. The molecular weight excluding hydrogens is 414 g/mol. The third-order valence-corrected chi connectivity index (χ3v) is 5.71. The number of sulfonamides is 1. The Bertz CT molecular complexity index is 1070. The number of benzene rings is 2. The Balaban J connectivity index is 1.82. The van der Waals surface area contributed by atoms with E-state index in [9.17, 15) is 23.3 Å². The van der Waals surface area contributed by atoms with Crippen LogP contribution in [0.25, 0.3) is 0 Å². The smallest absolute Gasteiger partial charge is 0.271 e. The van der Waals surface area contributed by atoms with Crippen molar-refractivity contribution in [3.63, 3.8) is 0 Å². The van der Waals surface area contributed by atoms with E-state index in [1.165, 1.54) is 18.2 Å². The predicted octanol–water partition coefficient (Wildman–Crippen LogP) is 2.18. The summed E-state index contributed by atoms with van der Waals surface area (Å²) in [4.78, 5) is 23.3. The first-order valence-electron chi connectivity index (χ1n) is 9.10. The van der Waals surface area contributed by atoms with Gasteiger partial charge in [-0.3, -0.25) is 19.2 Å². The molecule has 1 amide bonds. The van der Waals surface area contributed by atoms with E-state index in [0.29, 0.717) is 11.5 Å². The molecule has 0 aliphatic carbocycles. The SMILES string of the molecule is CC[C@H](C(=O)NCc1ccc2c(c1)OCO2)N(c1cccc([N+](=O)[O-])c1)S(C)(=O)=O. The van der Waals surface area contributed by atoms with Crippen molar-refractivity contribution in [1.82, 2.24) is 5.32 Å². The highest BCUT2D eigenvalue weighted by Gasteiger charge is 2.32. The number of nitrogens with zero attached hydrogens (tertiary/aromatic N) is 2. The molecule has 0 unspecified atom stereocenters. The van der Waals surface area contributed by atoms with Gasteiger partial charge < -0.3 is 14.8 Å². The molecule has 11 heteroatoms. The van der Waals surface area contributed by atoms with Crippen LogP contribution in [0.5, 0.6) is 11.5 Å². The van der Waals surface area contributed by atoms with Crippen LogP contribution in [0.3, 0.4) is 0 Å². The van der Waals surface area contributed by atoms with Crippen LogP contribution >= 0.6 is 0 Å². The summed E-state index contributed by atoms with van der Waals surface area (Å²) >= 11 is 0. The largest absolute Gasteiger partial charge is 0.454 e. The number of rotatable bonds is 8. The van der Waals surface area contributed by atoms with Crippen LogP contribution in [-0.4, -0.2) is 38.3 Å². The summed E-state index contributed by atoms with van der Waals surface area (Å²) in [6, 6.07) is 9.34. The first-order chi connectivity index (χ1) is 14.2. The summed E-state index contributed by atoms with van der Waals surface area (Å²) in [6.45, 7) is 1.95. The fourth-order valence-electron chi connectivity index (χ4n) is 3.16.